The molecule has 0 aliphatic heterocycles. The number of hydrogen-bond donors (Lipinski definition) is 2. The van der Waals surface area contributed by atoms with Crippen molar-refractivity contribution in [2.75, 3.05) is 23.7 Å². The molecule has 7 nitrogen and oxygen atoms in total. The molecule has 0 aliphatic carbocycles. The highest BCUT2D eigenvalue weighted by Crippen LogP contribution is 2.09. The number of nitrogens with one attached hydrogen (secondary N) is 2. The van der Waals surface area contributed by atoms with Gasteiger partial charge in [0.15, 0.2) is 0 Å². The highest BCUT2D eigenvalue weighted by atomic mass is 35.5. The fourth-order valence-electron chi connectivity index (χ4n) is 1.46. The predicted molar refractivity (Wildman–Crippen MR) is 74.3 cm³/mol. The lowest BCUT2D eigenvalue weighted by Crippen LogP contribution is -2.13. The van der Waals surface area contributed by atoms with E-state index in [1.165, 1.54) is 0 Å². The summed E-state index contributed by atoms with van der Waals surface area (Å²) < 4.78 is 1.96. The number of halogens is 1. The maximum atomic E-state index is 5.85. The minimum absolute atomic E-state index is 0.179. The summed E-state index contributed by atoms with van der Waals surface area (Å²) in [6, 6.07) is 0. The molecule has 0 bridgehead atoms. The van der Waals surface area contributed by atoms with Crippen molar-refractivity contribution in [3.63, 3.8) is 0 Å². The van der Waals surface area contributed by atoms with Crippen molar-refractivity contribution >= 4 is 23.5 Å². The predicted octanol–water partition coefficient (Wildman–Crippen LogP) is 1.66. The molecular weight excluding hydrogens is 266 g/mol. The summed E-state index contributed by atoms with van der Waals surface area (Å²) in [6.07, 6.45) is 6.39. The van der Waals surface area contributed by atoms with Crippen LogP contribution in [0.5, 0.6) is 0 Å². The van der Waals surface area contributed by atoms with Gasteiger partial charge >= 0.3 is 0 Å². The average molecular weight is 282 g/mol. The van der Waals surface area contributed by atoms with Crippen molar-refractivity contribution in [1.82, 2.24) is 24.5 Å². The number of imidazole rings is 1. The van der Waals surface area contributed by atoms with Gasteiger partial charge in [0.1, 0.15) is 0 Å². The van der Waals surface area contributed by atoms with Gasteiger partial charge in [0.2, 0.25) is 17.2 Å². The summed E-state index contributed by atoms with van der Waals surface area (Å²) in [5, 5.41) is 6.36. The third-order valence-electron chi connectivity index (χ3n) is 2.35. The Kier molecular flexibility index (Phi) is 4.91. The summed E-state index contributed by atoms with van der Waals surface area (Å²) in [5.74, 6) is 0.964. The van der Waals surface area contributed by atoms with E-state index in [4.69, 9.17) is 11.6 Å². The van der Waals surface area contributed by atoms with Crippen molar-refractivity contribution in [1.29, 1.82) is 0 Å². The minimum atomic E-state index is 0.179. The van der Waals surface area contributed by atoms with Crippen LogP contribution < -0.4 is 10.6 Å². The van der Waals surface area contributed by atoms with Crippen LogP contribution in [0.25, 0.3) is 0 Å². The van der Waals surface area contributed by atoms with Gasteiger partial charge in [-0.25, -0.2) is 4.98 Å². The second-order valence-electron chi connectivity index (χ2n) is 3.91. The van der Waals surface area contributed by atoms with E-state index in [9.17, 15) is 0 Å². The van der Waals surface area contributed by atoms with Crippen molar-refractivity contribution in [2.24, 2.45) is 0 Å². The fourth-order valence-corrected chi connectivity index (χ4v) is 1.62. The molecule has 0 radical (unpaired) electrons. The maximum Gasteiger partial charge on any atom is 0.228 e. The van der Waals surface area contributed by atoms with Crippen LogP contribution in [0, 0.1) is 0 Å². The molecule has 102 valence electrons. The third kappa shape index (κ3) is 4.36. The normalized spacial score (nSPS) is 10.4. The zero-order valence-corrected chi connectivity index (χ0v) is 11.4. The van der Waals surface area contributed by atoms with Crippen LogP contribution in [0.1, 0.15) is 13.3 Å². The Hall–Kier alpha value is -1.89. The van der Waals surface area contributed by atoms with E-state index in [1.807, 2.05) is 10.8 Å². The molecule has 2 aromatic rings. The molecule has 0 unspecified atom stereocenters. The molecule has 0 fully saturated rings. The van der Waals surface area contributed by atoms with Crippen molar-refractivity contribution in [2.45, 2.75) is 19.9 Å². The Morgan fingerprint density at radius 1 is 1.16 bits per heavy atom. The van der Waals surface area contributed by atoms with Crippen LogP contribution in [0.2, 0.25) is 5.28 Å². The summed E-state index contributed by atoms with van der Waals surface area (Å²) in [7, 11) is 0. The number of nitrogens with zero attached hydrogens (tertiary/aromatic N) is 5. The smallest absolute Gasteiger partial charge is 0.228 e. The van der Waals surface area contributed by atoms with Gasteiger partial charge < -0.3 is 15.2 Å². The SMILES string of the molecule is CCCNc1nc(Cl)nc(NCCn2ccnc2)n1. The van der Waals surface area contributed by atoms with E-state index < -0.39 is 0 Å². The quantitative estimate of drug-likeness (QED) is 0.803. The van der Waals surface area contributed by atoms with E-state index in [1.54, 1.807) is 12.5 Å². The highest BCUT2D eigenvalue weighted by Gasteiger charge is 2.03. The Labute approximate surface area is 116 Å². The van der Waals surface area contributed by atoms with Gasteiger partial charge in [-0.15, -0.1) is 0 Å². The van der Waals surface area contributed by atoms with Gasteiger partial charge in [-0.3, -0.25) is 0 Å². The number of rotatable bonds is 7. The molecular formula is C11H16ClN7. The highest BCUT2D eigenvalue weighted by molar-refractivity contribution is 6.28. The molecule has 19 heavy (non-hydrogen) atoms. The Bertz CT molecular complexity index is 500. The topological polar surface area (TPSA) is 80.5 Å². The van der Waals surface area contributed by atoms with Gasteiger partial charge in [-0.1, -0.05) is 6.92 Å². The fraction of sp³-hybridized carbons (Fsp3) is 0.455. The van der Waals surface area contributed by atoms with Crippen LogP contribution in [0.4, 0.5) is 11.9 Å². The molecule has 0 saturated carbocycles. The molecule has 2 aromatic heterocycles. The lowest BCUT2D eigenvalue weighted by Gasteiger charge is -2.08. The number of aromatic nitrogens is 5. The van der Waals surface area contributed by atoms with E-state index in [0.717, 1.165) is 19.5 Å². The minimum Gasteiger partial charge on any atom is -0.354 e. The summed E-state index contributed by atoms with van der Waals surface area (Å²) in [6.45, 7) is 4.33. The monoisotopic (exact) mass is 281 g/mol. The van der Waals surface area contributed by atoms with E-state index >= 15 is 0 Å². The maximum absolute atomic E-state index is 5.85. The van der Waals surface area contributed by atoms with E-state index in [0.29, 0.717) is 18.4 Å². The van der Waals surface area contributed by atoms with Gasteiger partial charge in [0, 0.05) is 32.0 Å². The lowest BCUT2D eigenvalue weighted by atomic mass is 10.5. The first-order valence-electron chi connectivity index (χ1n) is 6.13. The second kappa shape index (κ2) is 6.89. The van der Waals surface area contributed by atoms with Crippen LogP contribution in [-0.2, 0) is 6.54 Å². The largest absolute Gasteiger partial charge is 0.354 e. The summed E-state index contributed by atoms with van der Waals surface area (Å²) >= 11 is 5.85. The number of hydrogen-bond acceptors (Lipinski definition) is 6. The van der Waals surface area contributed by atoms with Crippen LogP contribution >= 0.6 is 11.6 Å². The van der Waals surface area contributed by atoms with Crippen molar-refractivity contribution < 1.29 is 0 Å². The first kappa shape index (κ1) is 13.5. The van der Waals surface area contributed by atoms with Crippen LogP contribution in [0.3, 0.4) is 0 Å². The van der Waals surface area contributed by atoms with Gasteiger partial charge in [0.05, 0.1) is 6.33 Å². The Morgan fingerprint density at radius 2 is 1.89 bits per heavy atom. The zero-order valence-electron chi connectivity index (χ0n) is 10.7. The first-order valence-corrected chi connectivity index (χ1v) is 6.51. The summed E-state index contributed by atoms with van der Waals surface area (Å²) in [5.41, 5.74) is 0. The number of anilines is 2. The van der Waals surface area contributed by atoms with E-state index in [2.05, 4.69) is 37.5 Å². The molecule has 8 heteroatoms. The Morgan fingerprint density at radius 3 is 2.53 bits per heavy atom. The van der Waals surface area contributed by atoms with E-state index in [-0.39, 0.29) is 5.28 Å². The van der Waals surface area contributed by atoms with Gasteiger partial charge in [-0.2, -0.15) is 15.0 Å². The average Bonchev–Trinajstić information content (AvgIpc) is 2.89. The molecule has 2 rings (SSSR count). The molecule has 0 aromatic carbocycles. The van der Waals surface area contributed by atoms with Crippen LogP contribution in [0.15, 0.2) is 18.7 Å². The molecule has 2 N–H and O–H groups in total. The van der Waals surface area contributed by atoms with Crippen molar-refractivity contribution in [3.8, 4) is 0 Å². The standard InChI is InChI=1S/C11H16ClN7/c1-2-3-14-10-16-9(12)17-11(18-10)15-5-7-19-6-4-13-8-19/h4,6,8H,2-3,5,7H2,1H3,(H2,14,15,16,17,18). The molecule has 0 amide bonds. The van der Waals surface area contributed by atoms with Gasteiger partial charge in [0.25, 0.3) is 0 Å². The second-order valence-corrected chi connectivity index (χ2v) is 4.24. The third-order valence-corrected chi connectivity index (χ3v) is 2.52. The lowest BCUT2D eigenvalue weighted by molar-refractivity contribution is 0.722. The van der Waals surface area contributed by atoms with Crippen molar-refractivity contribution in [3.05, 3.63) is 24.0 Å². The van der Waals surface area contributed by atoms with Crippen LogP contribution in [-0.4, -0.2) is 37.6 Å². The molecule has 0 atom stereocenters. The summed E-state index contributed by atoms with van der Waals surface area (Å²) in [4.78, 5) is 16.2. The Balaban J connectivity index is 1.90. The zero-order chi connectivity index (χ0) is 13.5. The molecule has 2 heterocycles. The molecule has 0 aliphatic rings. The van der Waals surface area contributed by atoms with Gasteiger partial charge in [-0.05, 0) is 18.0 Å². The first-order chi connectivity index (χ1) is 9.28. The molecule has 0 saturated heterocycles. The molecule has 0 spiro atoms.